The fourth-order valence-electron chi connectivity index (χ4n) is 2.56. The van der Waals surface area contributed by atoms with Crippen LogP contribution in [0.25, 0.3) is 0 Å². The van der Waals surface area contributed by atoms with E-state index in [1.807, 2.05) is 12.1 Å². The molecule has 1 aromatic carbocycles. The maximum absolute atomic E-state index is 6.21. The maximum atomic E-state index is 6.21. The van der Waals surface area contributed by atoms with E-state index in [2.05, 4.69) is 41.2 Å². The number of rotatable bonds is 3. The van der Waals surface area contributed by atoms with E-state index in [1.165, 1.54) is 18.4 Å². The lowest BCUT2D eigenvalue weighted by atomic mass is 9.98. The summed E-state index contributed by atoms with van der Waals surface area (Å²) in [6.45, 7) is 5.56. The van der Waals surface area contributed by atoms with Gasteiger partial charge in [-0.05, 0) is 42.4 Å². The summed E-state index contributed by atoms with van der Waals surface area (Å²) in [5.74, 6) is 1.61. The maximum Gasteiger partial charge on any atom is 0.0462 e. The summed E-state index contributed by atoms with van der Waals surface area (Å²) in [6.07, 6.45) is 2.63. The molecule has 3 atom stereocenters. The van der Waals surface area contributed by atoms with Crippen molar-refractivity contribution < 1.29 is 0 Å². The van der Waals surface area contributed by atoms with Crippen LogP contribution in [0.3, 0.4) is 0 Å². The normalized spacial score (nSPS) is 28.6. The van der Waals surface area contributed by atoms with Crippen molar-refractivity contribution in [2.24, 2.45) is 11.8 Å². The molecule has 1 N–H and O–H groups in total. The zero-order chi connectivity index (χ0) is 12.4. The lowest BCUT2D eigenvalue weighted by Gasteiger charge is -2.20. The molecule has 3 heteroatoms. The highest BCUT2D eigenvalue weighted by molar-refractivity contribution is 9.10. The van der Waals surface area contributed by atoms with E-state index in [0.29, 0.717) is 6.04 Å². The third kappa shape index (κ3) is 3.24. The molecule has 1 aliphatic carbocycles. The Morgan fingerprint density at radius 3 is 2.71 bits per heavy atom. The van der Waals surface area contributed by atoms with Crippen LogP contribution in [0.2, 0.25) is 5.02 Å². The zero-order valence-electron chi connectivity index (χ0n) is 10.3. The number of benzene rings is 1. The Hall–Kier alpha value is -0.0500. The molecule has 0 radical (unpaired) electrons. The first kappa shape index (κ1) is 13.4. The SMILES string of the molecule is CC1CCC(NCc2ccc(Br)cc2Cl)C1C. The van der Waals surface area contributed by atoms with Crippen molar-refractivity contribution in [2.45, 2.75) is 39.3 Å². The first-order valence-corrected chi connectivity index (χ1v) is 7.42. The summed E-state index contributed by atoms with van der Waals surface area (Å²) in [7, 11) is 0. The molecular formula is C14H19BrClN. The Labute approximate surface area is 117 Å². The summed E-state index contributed by atoms with van der Waals surface area (Å²) in [5.41, 5.74) is 1.18. The average molecular weight is 317 g/mol. The molecule has 0 heterocycles. The third-order valence-corrected chi connectivity index (χ3v) is 4.88. The Morgan fingerprint density at radius 2 is 2.12 bits per heavy atom. The zero-order valence-corrected chi connectivity index (χ0v) is 12.7. The smallest absolute Gasteiger partial charge is 0.0462 e. The highest BCUT2D eigenvalue weighted by Crippen LogP contribution is 2.31. The minimum absolute atomic E-state index is 0.643. The van der Waals surface area contributed by atoms with Crippen molar-refractivity contribution in [2.75, 3.05) is 0 Å². The lowest BCUT2D eigenvalue weighted by Crippen LogP contribution is -2.31. The molecule has 0 saturated heterocycles. The Balaban J connectivity index is 1.94. The summed E-state index contributed by atoms with van der Waals surface area (Å²) >= 11 is 9.64. The molecule has 0 bridgehead atoms. The van der Waals surface area contributed by atoms with E-state index in [0.717, 1.165) is 27.9 Å². The molecule has 3 unspecified atom stereocenters. The van der Waals surface area contributed by atoms with Crippen LogP contribution in [0.1, 0.15) is 32.3 Å². The van der Waals surface area contributed by atoms with Gasteiger partial charge in [0.2, 0.25) is 0 Å². The topological polar surface area (TPSA) is 12.0 Å². The van der Waals surface area contributed by atoms with Crippen molar-refractivity contribution >= 4 is 27.5 Å². The summed E-state index contributed by atoms with van der Waals surface area (Å²) in [4.78, 5) is 0. The first-order valence-electron chi connectivity index (χ1n) is 6.25. The molecule has 1 fully saturated rings. The predicted octanol–water partition coefficient (Wildman–Crippen LogP) is 4.63. The highest BCUT2D eigenvalue weighted by atomic mass is 79.9. The second-order valence-electron chi connectivity index (χ2n) is 5.14. The summed E-state index contributed by atoms with van der Waals surface area (Å²) < 4.78 is 1.04. The van der Waals surface area contributed by atoms with Crippen LogP contribution in [0.4, 0.5) is 0 Å². The van der Waals surface area contributed by atoms with E-state index in [9.17, 15) is 0 Å². The second kappa shape index (κ2) is 5.73. The first-order chi connectivity index (χ1) is 8.08. The van der Waals surface area contributed by atoms with Gasteiger partial charge in [-0.2, -0.15) is 0 Å². The predicted molar refractivity (Wildman–Crippen MR) is 77.3 cm³/mol. The molecule has 1 nitrogen and oxygen atoms in total. The van der Waals surface area contributed by atoms with Gasteiger partial charge in [0.1, 0.15) is 0 Å². The fourth-order valence-corrected chi connectivity index (χ4v) is 3.30. The van der Waals surface area contributed by atoms with Crippen LogP contribution in [0.15, 0.2) is 22.7 Å². The van der Waals surface area contributed by atoms with Gasteiger partial charge in [-0.3, -0.25) is 0 Å². The van der Waals surface area contributed by atoms with Gasteiger partial charge < -0.3 is 5.32 Å². The van der Waals surface area contributed by atoms with Gasteiger partial charge >= 0.3 is 0 Å². The highest BCUT2D eigenvalue weighted by Gasteiger charge is 2.29. The Kier molecular flexibility index (Phi) is 4.51. The molecule has 0 spiro atoms. The van der Waals surface area contributed by atoms with E-state index < -0.39 is 0 Å². The summed E-state index contributed by atoms with van der Waals surface area (Å²) in [5, 5.41) is 4.48. The minimum Gasteiger partial charge on any atom is -0.310 e. The largest absolute Gasteiger partial charge is 0.310 e. The molecule has 94 valence electrons. The quantitative estimate of drug-likeness (QED) is 0.857. The number of nitrogens with one attached hydrogen (secondary N) is 1. The number of hydrogen-bond donors (Lipinski definition) is 1. The molecule has 17 heavy (non-hydrogen) atoms. The van der Waals surface area contributed by atoms with Crippen LogP contribution in [0, 0.1) is 11.8 Å². The van der Waals surface area contributed by atoms with Crippen LogP contribution in [-0.4, -0.2) is 6.04 Å². The fraction of sp³-hybridized carbons (Fsp3) is 0.571. The monoisotopic (exact) mass is 315 g/mol. The van der Waals surface area contributed by atoms with Crippen molar-refractivity contribution in [3.63, 3.8) is 0 Å². The molecule has 0 aliphatic heterocycles. The standard InChI is InChI=1S/C14H19BrClN/c1-9-3-6-14(10(9)2)17-8-11-4-5-12(15)7-13(11)16/h4-5,7,9-10,14,17H,3,6,8H2,1-2H3. The van der Waals surface area contributed by atoms with Crippen molar-refractivity contribution in [1.82, 2.24) is 5.32 Å². The molecule has 0 aromatic heterocycles. The number of hydrogen-bond acceptors (Lipinski definition) is 1. The van der Waals surface area contributed by atoms with Gasteiger partial charge in [-0.1, -0.05) is 47.4 Å². The molecule has 2 rings (SSSR count). The molecule has 1 aliphatic rings. The number of halogens is 2. The van der Waals surface area contributed by atoms with Crippen LogP contribution in [-0.2, 0) is 6.54 Å². The van der Waals surface area contributed by atoms with E-state index in [1.54, 1.807) is 0 Å². The van der Waals surface area contributed by atoms with Crippen LogP contribution >= 0.6 is 27.5 Å². The van der Waals surface area contributed by atoms with E-state index in [-0.39, 0.29) is 0 Å². The van der Waals surface area contributed by atoms with Crippen molar-refractivity contribution in [3.8, 4) is 0 Å². The molecular weight excluding hydrogens is 298 g/mol. The lowest BCUT2D eigenvalue weighted by molar-refractivity contribution is 0.370. The van der Waals surface area contributed by atoms with Crippen molar-refractivity contribution in [1.29, 1.82) is 0 Å². The van der Waals surface area contributed by atoms with E-state index in [4.69, 9.17) is 11.6 Å². The van der Waals surface area contributed by atoms with E-state index >= 15 is 0 Å². The van der Waals surface area contributed by atoms with Crippen molar-refractivity contribution in [3.05, 3.63) is 33.3 Å². The minimum atomic E-state index is 0.643. The molecule has 1 saturated carbocycles. The third-order valence-electron chi connectivity index (χ3n) is 4.04. The van der Waals surface area contributed by atoms with Gasteiger partial charge in [0.25, 0.3) is 0 Å². The molecule has 1 aromatic rings. The van der Waals surface area contributed by atoms with Gasteiger partial charge in [0.05, 0.1) is 0 Å². The summed E-state index contributed by atoms with van der Waals surface area (Å²) in [6, 6.07) is 6.73. The van der Waals surface area contributed by atoms with Crippen LogP contribution < -0.4 is 5.32 Å². The van der Waals surface area contributed by atoms with Crippen LogP contribution in [0.5, 0.6) is 0 Å². The Bertz CT molecular complexity index is 394. The van der Waals surface area contributed by atoms with Gasteiger partial charge in [0.15, 0.2) is 0 Å². The second-order valence-corrected chi connectivity index (χ2v) is 6.46. The van der Waals surface area contributed by atoms with Gasteiger partial charge in [0, 0.05) is 22.1 Å². The Morgan fingerprint density at radius 1 is 1.35 bits per heavy atom. The van der Waals surface area contributed by atoms with Gasteiger partial charge in [-0.25, -0.2) is 0 Å². The molecule has 0 amide bonds. The average Bonchev–Trinajstić information content (AvgIpc) is 2.59. The van der Waals surface area contributed by atoms with Gasteiger partial charge in [-0.15, -0.1) is 0 Å².